The fourth-order valence-electron chi connectivity index (χ4n) is 2.39. The predicted molar refractivity (Wildman–Crippen MR) is 75.0 cm³/mol. The molecule has 7 heteroatoms. The van der Waals surface area contributed by atoms with Crippen molar-refractivity contribution in [1.82, 2.24) is 15.0 Å². The standard InChI is InChI=1S/C15H14N4O3/c16-10-11-2-1-6-17-14(11)21-12-4-8-19(9-5-12)15(20)13-3-7-18-22-13/h1-3,6-7,12H,4-5,8-9H2. The van der Waals surface area contributed by atoms with Crippen molar-refractivity contribution in [3.05, 3.63) is 41.9 Å². The first-order valence-corrected chi connectivity index (χ1v) is 6.99. The number of carbonyl (C=O) groups is 1. The summed E-state index contributed by atoms with van der Waals surface area (Å²) in [4.78, 5) is 17.9. The first-order chi connectivity index (χ1) is 10.8. The van der Waals surface area contributed by atoms with Gasteiger partial charge in [-0.2, -0.15) is 5.26 Å². The average molecular weight is 298 g/mol. The third kappa shape index (κ3) is 2.91. The van der Waals surface area contributed by atoms with Gasteiger partial charge in [0.15, 0.2) is 0 Å². The minimum absolute atomic E-state index is 0.0548. The molecule has 2 aromatic rings. The number of hydrogen-bond donors (Lipinski definition) is 0. The van der Waals surface area contributed by atoms with Crippen LogP contribution in [0.3, 0.4) is 0 Å². The van der Waals surface area contributed by atoms with Gasteiger partial charge in [-0.15, -0.1) is 0 Å². The van der Waals surface area contributed by atoms with E-state index >= 15 is 0 Å². The second-order valence-corrected chi connectivity index (χ2v) is 4.95. The summed E-state index contributed by atoms with van der Waals surface area (Å²) in [5.74, 6) is 0.437. The van der Waals surface area contributed by atoms with E-state index in [0.717, 1.165) is 0 Å². The maximum atomic E-state index is 12.1. The number of piperidine rings is 1. The smallest absolute Gasteiger partial charge is 0.292 e. The molecule has 1 amide bonds. The molecule has 112 valence electrons. The van der Waals surface area contributed by atoms with Gasteiger partial charge in [0.2, 0.25) is 11.6 Å². The lowest BCUT2D eigenvalue weighted by molar-refractivity contribution is 0.0550. The Morgan fingerprint density at radius 1 is 1.36 bits per heavy atom. The molecule has 0 saturated carbocycles. The molecule has 22 heavy (non-hydrogen) atoms. The molecule has 7 nitrogen and oxygen atoms in total. The number of amides is 1. The molecule has 1 saturated heterocycles. The largest absolute Gasteiger partial charge is 0.473 e. The van der Waals surface area contributed by atoms with Gasteiger partial charge in [0.1, 0.15) is 17.7 Å². The highest BCUT2D eigenvalue weighted by Crippen LogP contribution is 2.21. The number of rotatable bonds is 3. The summed E-state index contributed by atoms with van der Waals surface area (Å²) < 4.78 is 10.7. The molecule has 0 atom stereocenters. The van der Waals surface area contributed by atoms with Crippen molar-refractivity contribution in [2.24, 2.45) is 0 Å². The summed E-state index contributed by atoms with van der Waals surface area (Å²) >= 11 is 0. The number of aromatic nitrogens is 2. The van der Waals surface area contributed by atoms with Crippen LogP contribution in [0.1, 0.15) is 29.0 Å². The van der Waals surface area contributed by atoms with Crippen LogP contribution < -0.4 is 4.74 Å². The third-order valence-electron chi connectivity index (χ3n) is 3.55. The number of hydrogen-bond acceptors (Lipinski definition) is 6. The van der Waals surface area contributed by atoms with Crippen molar-refractivity contribution in [3.8, 4) is 11.9 Å². The van der Waals surface area contributed by atoms with Crippen molar-refractivity contribution in [3.63, 3.8) is 0 Å². The normalized spacial score (nSPS) is 15.3. The van der Waals surface area contributed by atoms with E-state index in [1.54, 1.807) is 29.3 Å². The zero-order valence-corrected chi connectivity index (χ0v) is 11.8. The lowest BCUT2D eigenvalue weighted by atomic mass is 10.1. The molecule has 0 aliphatic carbocycles. The molecule has 1 aliphatic heterocycles. The lowest BCUT2D eigenvalue weighted by Crippen LogP contribution is -2.41. The van der Waals surface area contributed by atoms with Crippen LogP contribution in [0.4, 0.5) is 0 Å². The lowest BCUT2D eigenvalue weighted by Gasteiger charge is -2.31. The van der Waals surface area contributed by atoms with E-state index in [0.29, 0.717) is 37.4 Å². The zero-order valence-electron chi connectivity index (χ0n) is 11.8. The molecule has 0 bridgehead atoms. The maximum Gasteiger partial charge on any atom is 0.292 e. The fraction of sp³-hybridized carbons (Fsp3) is 0.333. The quantitative estimate of drug-likeness (QED) is 0.855. The van der Waals surface area contributed by atoms with E-state index in [-0.39, 0.29) is 17.8 Å². The van der Waals surface area contributed by atoms with E-state index in [2.05, 4.69) is 16.2 Å². The van der Waals surface area contributed by atoms with Gasteiger partial charge in [-0.3, -0.25) is 4.79 Å². The Morgan fingerprint density at radius 2 is 2.18 bits per heavy atom. The topological polar surface area (TPSA) is 92.2 Å². The Labute approximate surface area is 127 Å². The highest BCUT2D eigenvalue weighted by molar-refractivity contribution is 5.91. The van der Waals surface area contributed by atoms with E-state index < -0.39 is 0 Å². The van der Waals surface area contributed by atoms with Crippen LogP contribution in [0, 0.1) is 11.3 Å². The number of nitrogens with zero attached hydrogens (tertiary/aromatic N) is 4. The molecule has 0 aromatic carbocycles. The Morgan fingerprint density at radius 3 is 2.86 bits per heavy atom. The van der Waals surface area contributed by atoms with Gasteiger partial charge in [-0.25, -0.2) is 4.98 Å². The average Bonchev–Trinajstić information content (AvgIpc) is 3.10. The van der Waals surface area contributed by atoms with Crippen LogP contribution in [-0.2, 0) is 0 Å². The Hall–Kier alpha value is -2.88. The monoisotopic (exact) mass is 298 g/mol. The molecule has 0 spiro atoms. The van der Waals surface area contributed by atoms with Crippen molar-refractivity contribution >= 4 is 5.91 Å². The van der Waals surface area contributed by atoms with Crippen LogP contribution >= 0.6 is 0 Å². The second-order valence-electron chi connectivity index (χ2n) is 4.95. The van der Waals surface area contributed by atoms with Crippen LogP contribution in [0.5, 0.6) is 5.88 Å². The minimum Gasteiger partial charge on any atom is -0.473 e. The van der Waals surface area contributed by atoms with Crippen molar-refractivity contribution in [2.75, 3.05) is 13.1 Å². The summed E-state index contributed by atoms with van der Waals surface area (Å²) in [6, 6.07) is 6.98. The number of carbonyl (C=O) groups excluding carboxylic acids is 1. The molecular formula is C15H14N4O3. The van der Waals surface area contributed by atoms with E-state index in [1.807, 2.05) is 0 Å². The highest BCUT2D eigenvalue weighted by atomic mass is 16.5. The van der Waals surface area contributed by atoms with Gasteiger partial charge in [-0.05, 0) is 12.1 Å². The molecule has 1 fully saturated rings. The fourth-order valence-corrected chi connectivity index (χ4v) is 2.39. The molecule has 2 aromatic heterocycles. The summed E-state index contributed by atoms with van der Waals surface area (Å²) in [7, 11) is 0. The van der Waals surface area contributed by atoms with Crippen LogP contribution in [0.2, 0.25) is 0 Å². The number of ether oxygens (including phenoxy) is 1. The minimum atomic E-state index is -0.161. The van der Waals surface area contributed by atoms with Crippen LogP contribution in [-0.4, -0.2) is 40.1 Å². The first kappa shape index (κ1) is 14.1. The molecule has 1 aliphatic rings. The van der Waals surface area contributed by atoms with Crippen molar-refractivity contribution < 1.29 is 14.1 Å². The Balaban J connectivity index is 1.58. The van der Waals surface area contributed by atoms with Crippen LogP contribution in [0.25, 0.3) is 0 Å². The van der Waals surface area contributed by atoms with Crippen LogP contribution in [0.15, 0.2) is 35.1 Å². The highest BCUT2D eigenvalue weighted by Gasteiger charge is 2.27. The molecule has 0 N–H and O–H groups in total. The van der Waals surface area contributed by atoms with Gasteiger partial charge in [-0.1, -0.05) is 5.16 Å². The Kier molecular flexibility index (Phi) is 4.01. The number of likely N-dealkylation sites (tertiary alicyclic amines) is 1. The third-order valence-corrected chi connectivity index (χ3v) is 3.55. The molecule has 0 radical (unpaired) electrons. The van der Waals surface area contributed by atoms with E-state index in [9.17, 15) is 4.79 Å². The number of nitriles is 1. The first-order valence-electron chi connectivity index (χ1n) is 6.99. The number of pyridine rings is 1. The SMILES string of the molecule is N#Cc1cccnc1OC1CCN(C(=O)c2ccno2)CC1. The van der Waals surface area contributed by atoms with Crippen molar-refractivity contribution in [2.45, 2.75) is 18.9 Å². The molecule has 0 unspecified atom stereocenters. The van der Waals surface area contributed by atoms with Gasteiger partial charge >= 0.3 is 0 Å². The van der Waals surface area contributed by atoms with Gasteiger partial charge in [0.05, 0.1) is 6.20 Å². The van der Waals surface area contributed by atoms with Gasteiger partial charge in [0, 0.05) is 38.2 Å². The van der Waals surface area contributed by atoms with E-state index in [1.165, 1.54) is 6.20 Å². The Bertz CT molecular complexity index is 685. The molecule has 3 heterocycles. The van der Waals surface area contributed by atoms with Gasteiger partial charge < -0.3 is 14.2 Å². The summed E-state index contributed by atoms with van der Waals surface area (Å²) in [5, 5.41) is 12.6. The second kappa shape index (κ2) is 6.26. The van der Waals surface area contributed by atoms with Crippen molar-refractivity contribution in [1.29, 1.82) is 5.26 Å². The summed E-state index contributed by atoms with van der Waals surface area (Å²) in [5.41, 5.74) is 0.419. The molecule has 3 rings (SSSR count). The predicted octanol–water partition coefficient (Wildman–Crippen LogP) is 1.62. The summed E-state index contributed by atoms with van der Waals surface area (Å²) in [6.07, 6.45) is 4.36. The zero-order chi connectivity index (χ0) is 15.4. The maximum absolute atomic E-state index is 12.1. The van der Waals surface area contributed by atoms with Gasteiger partial charge in [0.25, 0.3) is 5.91 Å². The summed E-state index contributed by atoms with van der Waals surface area (Å²) in [6.45, 7) is 1.14. The van der Waals surface area contributed by atoms with E-state index in [4.69, 9.17) is 14.5 Å². The molecular weight excluding hydrogens is 284 g/mol.